The standard InChI is InChI=1S/C18H12N4O/c23-17-13-9-5-4-8-12(13)15-14(17)16(11-6-2-1-3-7-11)22-18(21-15)19-10-20-22/h1-10,14,16H/t14-,16+/m1/s1. The van der Waals surface area contributed by atoms with Crippen LogP contribution in [0.3, 0.4) is 0 Å². The topological polar surface area (TPSA) is 60.1 Å². The van der Waals surface area contributed by atoms with E-state index in [1.807, 2.05) is 54.6 Å². The van der Waals surface area contributed by atoms with E-state index in [1.165, 1.54) is 6.33 Å². The maximum atomic E-state index is 13.0. The minimum absolute atomic E-state index is 0.106. The Hall–Kier alpha value is -3.08. The number of aromatic nitrogens is 3. The Morgan fingerprint density at radius 2 is 1.65 bits per heavy atom. The monoisotopic (exact) mass is 300 g/mol. The molecule has 23 heavy (non-hydrogen) atoms. The fourth-order valence-electron chi connectivity index (χ4n) is 3.56. The summed E-state index contributed by atoms with van der Waals surface area (Å²) in [6.45, 7) is 0. The number of benzene rings is 2. The number of hydrogen-bond acceptors (Lipinski definition) is 4. The Labute approximate surface area is 132 Å². The molecule has 5 nitrogen and oxygen atoms in total. The Kier molecular flexibility index (Phi) is 2.42. The zero-order valence-electron chi connectivity index (χ0n) is 12.1. The fraction of sp³-hybridized carbons (Fsp3) is 0.111. The summed E-state index contributed by atoms with van der Waals surface area (Å²) in [4.78, 5) is 21.9. The van der Waals surface area contributed by atoms with E-state index in [0.717, 1.165) is 22.4 Å². The van der Waals surface area contributed by atoms with Crippen LogP contribution in [-0.4, -0.2) is 26.3 Å². The molecule has 0 fully saturated rings. The third-order valence-electron chi connectivity index (χ3n) is 4.54. The van der Waals surface area contributed by atoms with Crippen LogP contribution in [0.5, 0.6) is 0 Å². The number of hydrogen-bond donors (Lipinski definition) is 0. The van der Waals surface area contributed by atoms with Crippen molar-refractivity contribution in [3.63, 3.8) is 0 Å². The zero-order chi connectivity index (χ0) is 15.4. The average Bonchev–Trinajstić information content (AvgIpc) is 3.18. The van der Waals surface area contributed by atoms with Gasteiger partial charge in [-0.1, -0.05) is 54.6 Å². The normalized spacial score (nSPS) is 21.4. The van der Waals surface area contributed by atoms with Crippen LogP contribution in [0, 0.1) is 5.92 Å². The second-order valence-corrected chi connectivity index (χ2v) is 5.74. The van der Waals surface area contributed by atoms with E-state index >= 15 is 0 Å². The molecule has 2 aromatic carbocycles. The summed E-state index contributed by atoms with van der Waals surface area (Å²) < 4.78 is 1.76. The summed E-state index contributed by atoms with van der Waals surface area (Å²) in [6.07, 6.45) is 1.49. The first-order valence-electron chi connectivity index (χ1n) is 7.51. The molecule has 0 amide bonds. The summed E-state index contributed by atoms with van der Waals surface area (Å²) in [5, 5.41) is 4.32. The number of rotatable bonds is 1. The molecule has 1 aliphatic carbocycles. The molecule has 2 atom stereocenters. The van der Waals surface area contributed by atoms with Gasteiger partial charge in [0.05, 0.1) is 17.7 Å². The lowest BCUT2D eigenvalue weighted by Crippen LogP contribution is -2.32. The van der Waals surface area contributed by atoms with Crippen LogP contribution in [0.25, 0.3) is 0 Å². The predicted octanol–water partition coefficient (Wildman–Crippen LogP) is 2.81. The molecule has 2 aliphatic rings. The maximum Gasteiger partial charge on any atom is 0.248 e. The summed E-state index contributed by atoms with van der Waals surface area (Å²) in [5.41, 5.74) is 3.50. The Morgan fingerprint density at radius 1 is 0.913 bits per heavy atom. The van der Waals surface area contributed by atoms with Gasteiger partial charge in [0.15, 0.2) is 5.78 Å². The van der Waals surface area contributed by atoms with E-state index in [1.54, 1.807) is 4.68 Å². The molecule has 3 aromatic rings. The molecule has 0 unspecified atom stereocenters. The Morgan fingerprint density at radius 3 is 2.48 bits per heavy atom. The lowest BCUT2D eigenvalue weighted by Gasteiger charge is -2.27. The second-order valence-electron chi connectivity index (χ2n) is 5.74. The first kappa shape index (κ1) is 12.5. The highest BCUT2D eigenvalue weighted by atomic mass is 16.1. The minimum atomic E-state index is -0.344. The first-order valence-corrected chi connectivity index (χ1v) is 7.51. The van der Waals surface area contributed by atoms with Gasteiger partial charge in [-0.3, -0.25) is 4.79 Å². The summed E-state index contributed by atoms with van der Waals surface area (Å²) in [6, 6.07) is 17.4. The van der Waals surface area contributed by atoms with E-state index in [-0.39, 0.29) is 17.7 Å². The van der Waals surface area contributed by atoms with E-state index in [0.29, 0.717) is 5.95 Å². The van der Waals surface area contributed by atoms with Crippen molar-refractivity contribution in [1.29, 1.82) is 0 Å². The number of aliphatic imine (C=N–C) groups is 1. The SMILES string of the molecule is O=C1c2ccccc2C2=Nc3ncnn3[C@@H](c3ccccc3)[C@H]12. The van der Waals surface area contributed by atoms with Crippen LogP contribution in [0.4, 0.5) is 5.95 Å². The number of fused-ring (bicyclic) bond motifs is 4. The van der Waals surface area contributed by atoms with Crippen molar-refractivity contribution in [2.75, 3.05) is 0 Å². The van der Waals surface area contributed by atoms with Gasteiger partial charge in [0.1, 0.15) is 6.33 Å². The van der Waals surface area contributed by atoms with Gasteiger partial charge in [0, 0.05) is 11.1 Å². The highest BCUT2D eigenvalue weighted by molar-refractivity contribution is 6.29. The third-order valence-corrected chi connectivity index (χ3v) is 4.54. The van der Waals surface area contributed by atoms with Crippen molar-refractivity contribution < 1.29 is 4.79 Å². The molecule has 5 heteroatoms. The van der Waals surface area contributed by atoms with Crippen molar-refractivity contribution in [2.45, 2.75) is 6.04 Å². The molecule has 110 valence electrons. The number of nitrogens with zero attached hydrogens (tertiary/aromatic N) is 4. The molecule has 0 saturated carbocycles. The van der Waals surface area contributed by atoms with Crippen molar-refractivity contribution in [2.24, 2.45) is 10.9 Å². The van der Waals surface area contributed by atoms with Gasteiger partial charge in [0.25, 0.3) is 0 Å². The average molecular weight is 300 g/mol. The molecule has 2 heterocycles. The molecular weight excluding hydrogens is 288 g/mol. The Balaban J connectivity index is 1.79. The van der Waals surface area contributed by atoms with Crippen LogP contribution in [0.15, 0.2) is 65.9 Å². The van der Waals surface area contributed by atoms with Gasteiger partial charge in [0.2, 0.25) is 5.95 Å². The Bertz CT molecular complexity index is 958. The zero-order valence-corrected chi connectivity index (χ0v) is 12.1. The van der Waals surface area contributed by atoms with E-state index in [9.17, 15) is 4.79 Å². The van der Waals surface area contributed by atoms with Gasteiger partial charge in [-0.25, -0.2) is 9.67 Å². The second kappa shape index (κ2) is 4.46. The maximum absolute atomic E-state index is 13.0. The third kappa shape index (κ3) is 1.61. The number of Topliss-reactive ketones (excluding diaryl/α,β-unsaturated/α-hetero) is 1. The molecule has 0 N–H and O–H groups in total. The molecule has 0 spiro atoms. The lowest BCUT2D eigenvalue weighted by molar-refractivity contribution is 0.0938. The number of ketones is 1. The number of carbonyl (C=O) groups excluding carboxylic acids is 1. The molecule has 0 saturated heterocycles. The number of carbonyl (C=O) groups is 1. The summed E-state index contributed by atoms with van der Waals surface area (Å²) in [7, 11) is 0. The molecule has 0 radical (unpaired) electrons. The molecule has 0 bridgehead atoms. The lowest BCUT2D eigenvalue weighted by atomic mass is 9.87. The smallest absolute Gasteiger partial charge is 0.248 e. The van der Waals surface area contributed by atoms with Crippen molar-refractivity contribution >= 4 is 17.4 Å². The van der Waals surface area contributed by atoms with Crippen LogP contribution < -0.4 is 0 Å². The van der Waals surface area contributed by atoms with Gasteiger partial charge in [-0.15, -0.1) is 0 Å². The van der Waals surface area contributed by atoms with Crippen molar-refractivity contribution in [1.82, 2.24) is 14.8 Å². The first-order chi connectivity index (χ1) is 11.3. The summed E-state index contributed by atoms with van der Waals surface area (Å²) in [5.74, 6) is 0.313. The highest BCUT2D eigenvalue weighted by Crippen LogP contribution is 2.42. The van der Waals surface area contributed by atoms with E-state index in [4.69, 9.17) is 0 Å². The van der Waals surface area contributed by atoms with Gasteiger partial charge in [-0.2, -0.15) is 10.1 Å². The van der Waals surface area contributed by atoms with Crippen LogP contribution >= 0.6 is 0 Å². The highest BCUT2D eigenvalue weighted by Gasteiger charge is 2.46. The molecular formula is C18H12N4O. The van der Waals surface area contributed by atoms with Crippen molar-refractivity contribution in [3.05, 3.63) is 77.6 Å². The van der Waals surface area contributed by atoms with Crippen LogP contribution in [0.1, 0.15) is 27.5 Å². The quantitative estimate of drug-likeness (QED) is 0.694. The van der Waals surface area contributed by atoms with E-state index < -0.39 is 0 Å². The van der Waals surface area contributed by atoms with E-state index in [2.05, 4.69) is 15.1 Å². The summed E-state index contributed by atoms with van der Waals surface area (Å²) >= 11 is 0. The van der Waals surface area contributed by atoms with Gasteiger partial charge in [-0.05, 0) is 5.56 Å². The van der Waals surface area contributed by atoms with Crippen LogP contribution in [-0.2, 0) is 0 Å². The largest absolute Gasteiger partial charge is 0.293 e. The molecule has 1 aliphatic heterocycles. The minimum Gasteiger partial charge on any atom is -0.293 e. The van der Waals surface area contributed by atoms with Crippen LogP contribution in [0.2, 0.25) is 0 Å². The van der Waals surface area contributed by atoms with Gasteiger partial charge >= 0.3 is 0 Å². The fourth-order valence-corrected chi connectivity index (χ4v) is 3.56. The van der Waals surface area contributed by atoms with Gasteiger partial charge < -0.3 is 0 Å². The molecule has 1 aromatic heterocycles. The molecule has 5 rings (SSSR count). The van der Waals surface area contributed by atoms with Crippen molar-refractivity contribution in [3.8, 4) is 0 Å². The predicted molar refractivity (Wildman–Crippen MR) is 85.1 cm³/mol.